The second-order valence-corrected chi connectivity index (χ2v) is 9.46. The van der Waals surface area contributed by atoms with Gasteiger partial charge >= 0.3 is 0 Å². The molecule has 1 saturated heterocycles. The SMILES string of the molecule is CCN1CC2(N)CC(c3ccc(Cl)cc3Cl)C(c3ccc(Cl)cc3)=CC2(CN)C1=O. The molecule has 158 valence electrons. The van der Waals surface area contributed by atoms with Crippen molar-refractivity contribution in [2.75, 3.05) is 19.6 Å². The van der Waals surface area contributed by atoms with Crippen LogP contribution in [0.5, 0.6) is 0 Å². The zero-order valence-corrected chi connectivity index (χ0v) is 18.9. The number of carbonyl (C=O) groups excluding carboxylic acids is 1. The number of benzene rings is 2. The van der Waals surface area contributed by atoms with Crippen molar-refractivity contribution in [1.82, 2.24) is 4.90 Å². The summed E-state index contributed by atoms with van der Waals surface area (Å²) < 4.78 is 0. The lowest BCUT2D eigenvalue weighted by Crippen LogP contribution is -2.61. The van der Waals surface area contributed by atoms with E-state index in [1.165, 1.54) is 0 Å². The molecule has 1 fully saturated rings. The molecule has 2 aromatic carbocycles. The predicted molar refractivity (Wildman–Crippen MR) is 124 cm³/mol. The van der Waals surface area contributed by atoms with Gasteiger partial charge in [0.1, 0.15) is 0 Å². The van der Waals surface area contributed by atoms with E-state index in [2.05, 4.69) is 0 Å². The summed E-state index contributed by atoms with van der Waals surface area (Å²) in [7, 11) is 0. The predicted octanol–water partition coefficient (Wildman–Crippen LogP) is 4.72. The highest BCUT2D eigenvalue weighted by molar-refractivity contribution is 6.35. The van der Waals surface area contributed by atoms with Crippen LogP contribution in [0.3, 0.4) is 0 Å². The Labute approximate surface area is 191 Å². The molecular formula is C23H24Cl3N3O. The molecule has 0 saturated carbocycles. The van der Waals surface area contributed by atoms with Gasteiger partial charge in [0.05, 0.1) is 11.0 Å². The third kappa shape index (κ3) is 3.26. The summed E-state index contributed by atoms with van der Waals surface area (Å²) in [5.74, 6) is -0.118. The number of carbonyl (C=O) groups is 1. The van der Waals surface area contributed by atoms with Gasteiger partial charge in [0, 0.05) is 40.6 Å². The van der Waals surface area contributed by atoms with Gasteiger partial charge in [0.2, 0.25) is 5.91 Å². The molecule has 1 aliphatic heterocycles. The highest BCUT2D eigenvalue weighted by Gasteiger charge is 2.62. The minimum absolute atomic E-state index is 0.0119. The topological polar surface area (TPSA) is 72.3 Å². The van der Waals surface area contributed by atoms with Crippen LogP contribution in [-0.2, 0) is 4.79 Å². The van der Waals surface area contributed by atoms with E-state index in [1.807, 2.05) is 49.4 Å². The van der Waals surface area contributed by atoms with E-state index in [9.17, 15) is 4.79 Å². The Balaban J connectivity index is 1.94. The first-order valence-corrected chi connectivity index (χ1v) is 11.1. The van der Waals surface area contributed by atoms with Crippen LogP contribution in [0.2, 0.25) is 15.1 Å². The van der Waals surface area contributed by atoms with Crippen LogP contribution >= 0.6 is 34.8 Å². The van der Waals surface area contributed by atoms with Crippen LogP contribution in [0.1, 0.15) is 30.4 Å². The van der Waals surface area contributed by atoms with E-state index in [-0.39, 0.29) is 18.4 Å². The molecule has 4 rings (SSSR count). The van der Waals surface area contributed by atoms with Gasteiger partial charge in [-0.15, -0.1) is 0 Å². The van der Waals surface area contributed by atoms with E-state index in [0.717, 1.165) is 16.7 Å². The third-order valence-electron chi connectivity index (χ3n) is 6.60. The zero-order chi connectivity index (χ0) is 21.7. The van der Waals surface area contributed by atoms with Gasteiger partial charge in [-0.3, -0.25) is 4.79 Å². The molecule has 4 nitrogen and oxygen atoms in total. The number of hydrogen-bond acceptors (Lipinski definition) is 3. The molecule has 0 radical (unpaired) electrons. The summed E-state index contributed by atoms with van der Waals surface area (Å²) in [6, 6.07) is 13.1. The van der Waals surface area contributed by atoms with Crippen LogP contribution in [0.25, 0.3) is 5.57 Å². The summed E-state index contributed by atoms with van der Waals surface area (Å²) in [6.07, 6.45) is 2.54. The molecule has 3 unspecified atom stereocenters. The smallest absolute Gasteiger partial charge is 0.235 e. The van der Waals surface area contributed by atoms with Gasteiger partial charge in [-0.05, 0) is 54.3 Å². The molecule has 1 aliphatic carbocycles. The van der Waals surface area contributed by atoms with Gasteiger partial charge in [-0.1, -0.05) is 59.1 Å². The maximum absolute atomic E-state index is 13.4. The molecule has 0 aromatic heterocycles. The summed E-state index contributed by atoms with van der Waals surface area (Å²) in [5.41, 5.74) is 14.3. The first-order chi connectivity index (χ1) is 14.2. The van der Waals surface area contributed by atoms with Crippen LogP contribution in [0.15, 0.2) is 48.5 Å². The van der Waals surface area contributed by atoms with E-state index in [4.69, 9.17) is 46.3 Å². The van der Waals surface area contributed by atoms with E-state index in [1.54, 1.807) is 11.0 Å². The summed E-state index contributed by atoms with van der Waals surface area (Å²) in [5, 5.41) is 1.79. The molecule has 0 spiro atoms. The summed E-state index contributed by atoms with van der Waals surface area (Å²) in [4.78, 5) is 15.2. The van der Waals surface area contributed by atoms with Gasteiger partial charge in [-0.25, -0.2) is 0 Å². The molecule has 1 heterocycles. The van der Waals surface area contributed by atoms with E-state index < -0.39 is 11.0 Å². The maximum Gasteiger partial charge on any atom is 0.235 e. The lowest BCUT2D eigenvalue weighted by Gasteiger charge is -2.45. The summed E-state index contributed by atoms with van der Waals surface area (Å²) >= 11 is 18.9. The number of fused-ring (bicyclic) bond motifs is 1. The van der Waals surface area contributed by atoms with Crippen molar-refractivity contribution >= 4 is 46.3 Å². The molecule has 7 heteroatoms. The lowest BCUT2D eigenvalue weighted by atomic mass is 9.60. The van der Waals surface area contributed by atoms with Crippen molar-refractivity contribution in [3.05, 3.63) is 74.7 Å². The Hall–Kier alpha value is -1.56. The highest BCUT2D eigenvalue weighted by atomic mass is 35.5. The molecule has 2 aromatic rings. The van der Waals surface area contributed by atoms with Crippen molar-refractivity contribution in [2.45, 2.75) is 24.8 Å². The normalized spacial score (nSPS) is 28.5. The molecule has 1 amide bonds. The van der Waals surface area contributed by atoms with Crippen molar-refractivity contribution in [1.29, 1.82) is 0 Å². The van der Waals surface area contributed by atoms with Gasteiger partial charge in [-0.2, -0.15) is 0 Å². The van der Waals surface area contributed by atoms with Crippen LogP contribution in [-0.4, -0.2) is 36.0 Å². The average Bonchev–Trinajstić information content (AvgIpc) is 2.94. The van der Waals surface area contributed by atoms with Crippen molar-refractivity contribution in [3.8, 4) is 0 Å². The minimum atomic E-state index is -0.951. The number of halogens is 3. The monoisotopic (exact) mass is 463 g/mol. The Morgan fingerprint density at radius 2 is 1.77 bits per heavy atom. The van der Waals surface area contributed by atoms with E-state index >= 15 is 0 Å². The third-order valence-corrected chi connectivity index (χ3v) is 7.41. The number of nitrogens with zero attached hydrogens (tertiary/aromatic N) is 1. The molecule has 2 aliphatic rings. The molecule has 3 atom stereocenters. The fraction of sp³-hybridized carbons (Fsp3) is 0.348. The lowest BCUT2D eigenvalue weighted by molar-refractivity contribution is -0.134. The molecule has 30 heavy (non-hydrogen) atoms. The number of likely N-dealkylation sites (tertiary alicyclic amines) is 1. The van der Waals surface area contributed by atoms with E-state index in [0.29, 0.717) is 34.6 Å². The van der Waals surface area contributed by atoms with Crippen molar-refractivity contribution in [3.63, 3.8) is 0 Å². The number of nitrogens with two attached hydrogens (primary N) is 2. The standard InChI is InChI=1S/C23H24Cl3N3O/c1-2-29-13-23(28)11-19(17-8-7-16(25)9-20(17)26)18(10-22(23,12-27)21(29)30)14-3-5-15(24)6-4-14/h3-10,19H,2,11-13,27-28H2,1H3. The first kappa shape index (κ1) is 21.7. The van der Waals surface area contributed by atoms with Crippen molar-refractivity contribution < 1.29 is 4.79 Å². The first-order valence-electron chi connectivity index (χ1n) is 9.96. The maximum atomic E-state index is 13.4. The number of likely N-dealkylation sites (N-methyl/N-ethyl adjacent to an activating group) is 1. The van der Waals surface area contributed by atoms with Crippen LogP contribution in [0.4, 0.5) is 0 Å². The number of hydrogen-bond donors (Lipinski definition) is 2. The van der Waals surface area contributed by atoms with Crippen molar-refractivity contribution in [2.24, 2.45) is 16.9 Å². The fourth-order valence-electron chi connectivity index (χ4n) is 4.93. The number of rotatable bonds is 4. The second kappa shape index (κ2) is 7.85. The Kier molecular flexibility index (Phi) is 5.67. The Morgan fingerprint density at radius 1 is 1.10 bits per heavy atom. The fourth-order valence-corrected chi connectivity index (χ4v) is 5.60. The quantitative estimate of drug-likeness (QED) is 0.687. The van der Waals surface area contributed by atoms with Gasteiger partial charge in [0.25, 0.3) is 0 Å². The number of amides is 1. The van der Waals surface area contributed by atoms with Crippen LogP contribution in [0, 0.1) is 5.41 Å². The average molecular weight is 465 g/mol. The second-order valence-electron chi connectivity index (χ2n) is 8.18. The van der Waals surface area contributed by atoms with Gasteiger partial charge in [0.15, 0.2) is 0 Å². The minimum Gasteiger partial charge on any atom is -0.340 e. The summed E-state index contributed by atoms with van der Waals surface area (Å²) in [6.45, 7) is 3.17. The van der Waals surface area contributed by atoms with Gasteiger partial charge < -0.3 is 16.4 Å². The van der Waals surface area contributed by atoms with Crippen LogP contribution < -0.4 is 11.5 Å². The molecule has 0 bridgehead atoms. The zero-order valence-electron chi connectivity index (χ0n) is 16.7. The largest absolute Gasteiger partial charge is 0.340 e. The molecular weight excluding hydrogens is 441 g/mol. The number of allylic oxidation sites excluding steroid dienone is 1. The Morgan fingerprint density at radius 3 is 2.37 bits per heavy atom. The molecule has 4 N–H and O–H groups in total. The highest BCUT2D eigenvalue weighted by Crippen LogP contribution is 2.54. The Bertz CT molecular complexity index is 1020.